The first-order valence-corrected chi connectivity index (χ1v) is 6.45. The van der Waals surface area contributed by atoms with Crippen molar-refractivity contribution in [3.8, 4) is 5.88 Å². The molecule has 0 saturated heterocycles. The number of carbonyl (C=O) groups excluding carboxylic acids is 1. The summed E-state index contributed by atoms with van der Waals surface area (Å²) < 4.78 is 42.0. The summed E-state index contributed by atoms with van der Waals surface area (Å²) in [4.78, 5) is 25.6. The van der Waals surface area contributed by atoms with Crippen LogP contribution >= 0.6 is 0 Å². The molecule has 1 aliphatic carbocycles. The van der Waals surface area contributed by atoms with Crippen molar-refractivity contribution in [3.05, 3.63) is 23.9 Å². The largest absolute Gasteiger partial charge is 0.481 e. The first-order chi connectivity index (χ1) is 10.3. The summed E-state index contributed by atoms with van der Waals surface area (Å²) in [5.74, 6) is -2.49. The molecule has 0 aromatic carbocycles. The lowest BCUT2D eigenvalue weighted by Crippen LogP contribution is -2.30. The standard InChI is InChI=1S/C13H13F3N2O4/c14-13(15,16)7-1-2-10(18-6-7)22-4-3-17-11(19)8-5-9(8)12(20)21/h1-2,6,8-9H,3-5H2,(H,17,19)(H,20,21). The molecule has 2 atom stereocenters. The molecular weight excluding hydrogens is 305 g/mol. The van der Waals surface area contributed by atoms with Gasteiger partial charge in [0.2, 0.25) is 11.8 Å². The number of carboxylic acid groups (broad SMARTS) is 1. The summed E-state index contributed by atoms with van der Waals surface area (Å²) >= 11 is 0. The zero-order valence-corrected chi connectivity index (χ0v) is 11.3. The third-order valence-corrected chi connectivity index (χ3v) is 3.16. The van der Waals surface area contributed by atoms with Gasteiger partial charge in [0.1, 0.15) is 6.61 Å². The number of carbonyl (C=O) groups is 2. The van der Waals surface area contributed by atoms with E-state index in [2.05, 4.69) is 10.3 Å². The number of halogens is 3. The molecule has 0 radical (unpaired) electrons. The van der Waals surface area contributed by atoms with Gasteiger partial charge in [-0.2, -0.15) is 13.2 Å². The summed E-state index contributed by atoms with van der Waals surface area (Å²) in [5, 5.41) is 11.2. The van der Waals surface area contributed by atoms with Crippen molar-refractivity contribution in [2.45, 2.75) is 12.6 Å². The van der Waals surface area contributed by atoms with Gasteiger partial charge in [-0.1, -0.05) is 0 Å². The predicted molar refractivity (Wildman–Crippen MR) is 67.0 cm³/mol. The molecule has 1 aromatic rings. The van der Waals surface area contributed by atoms with E-state index in [0.717, 1.165) is 12.1 Å². The predicted octanol–water partition coefficient (Wildman–Crippen LogP) is 1.32. The third kappa shape index (κ3) is 4.09. The van der Waals surface area contributed by atoms with E-state index in [0.29, 0.717) is 12.6 Å². The van der Waals surface area contributed by atoms with Crippen molar-refractivity contribution in [3.63, 3.8) is 0 Å². The number of pyridine rings is 1. The molecule has 1 amide bonds. The topological polar surface area (TPSA) is 88.5 Å². The number of hydrogen-bond acceptors (Lipinski definition) is 4. The van der Waals surface area contributed by atoms with Crippen LogP contribution in [0.2, 0.25) is 0 Å². The van der Waals surface area contributed by atoms with Gasteiger partial charge in [0.15, 0.2) is 0 Å². The highest BCUT2D eigenvalue weighted by Crippen LogP contribution is 2.38. The molecule has 1 heterocycles. The number of nitrogens with zero attached hydrogens (tertiary/aromatic N) is 1. The van der Waals surface area contributed by atoms with Gasteiger partial charge in [0, 0.05) is 12.3 Å². The van der Waals surface area contributed by atoms with Crippen molar-refractivity contribution < 1.29 is 32.6 Å². The van der Waals surface area contributed by atoms with Crippen LogP contribution in [0.25, 0.3) is 0 Å². The Kier molecular flexibility index (Phi) is 4.53. The van der Waals surface area contributed by atoms with Crippen LogP contribution in [-0.4, -0.2) is 35.1 Å². The molecule has 9 heteroatoms. The minimum atomic E-state index is -4.45. The second-order valence-electron chi connectivity index (χ2n) is 4.81. The number of amides is 1. The van der Waals surface area contributed by atoms with Gasteiger partial charge in [-0.15, -0.1) is 0 Å². The molecule has 6 nitrogen and oxygen atoms in total. The van der Waals surface area contributed by atoms with Crippen LogP contribution in [0.3, 0.4) is 0 Å². The van der Waals surface area contributed by atoms with E-state index in [1.54, 1.807) is 0 Å². The van der Waals surface area contributed by atoms with Crippen LogP contribution in [0.15, 0.2) is 18.3 Å². The fourth-order valence-electron chi connectivity index (χ4n) is 1.85. The summed E-state index contributed by atoms with van der Waals surface area (Å²) in [6.45, 7) is 0.138. The van der Waals surface area contributed by atoms with Crippen molar-refractivity contribution in [1.29, 1.82) is 0 Å². The lowest BCUT2D eigenvalue weighted by Gasteiger charge is -2.09. The maximum absolute atomic E-state index is 12.3. The number of ether oxygens (including phenoxy) is 1. The summed E-state index contributed by atoms with van der Waals surface area (Å²) in [6, 6.07) is 1.94. The molecule has 22 heavy (non-hydrogen) atoms. The molecule has 2 N–H and O–H groups in total. The van der Waals surface area contributed by atoms with E-state index in [9.17, 15) is 22.8 Å². The second kappa shape index (κ2) is 6.20. The Morgan fingerprint density at radius 1 is 1.36 bits per heavy atom. The average molecular weight is 318 g/mol. The van der Waals surface area contributed by atoms with Crippen LogP contribution in [0.5, 0.6) is 5.88 Å². The van der Waals surface area contributed by atoms with Gasteiger partial charge in [-0.25, -0.2) is 4.98 Å². The third-order valence-electron chi connectivity index (χ3n) is 3.16. The van der Waals surface area contributed by atoms with E-state index in [1.807, 2.05) is 0 Å². The Morgan fingerprint density at radius 3 is 2.59 bits per heavy atom. The van der Waals surface area contributed by atoms with Crippen LogP contribution in [-0.2, 0) is 15.8 Å². The molecule has 1 saturated carbocycles. The number of carboxylic acids is 1. The molecule has 0 spiro atoms. The molecule has 1 fully saturated rings. The molecule has 0 aliphatic heterocycles. The van der Waals surface area contributed by atoms with Gasteiger partial charge >= 0.3 is 12.1 Å². The number of nitrogens with one attached hydrogen (secondary N) is 1. The molecule has 120 valence electrons. The minimum absolute atomic E-state index is 0.0112. The lowest BCUT2D eigenvalue weighted by atomic mass is 10.3. The Bertz CT molecular complexity index is 559. The van der Waals surface area contributed by atoms with E-state index >= 15 is 0 Å². The van der Waals surface area contributed by atoms with Crippen molar-refractivity contribution in [1.82, 2.24) is 10.3 Å². The molecule has 1 aromatic heterocycles. The number of hydrogen-bond donors (Lipinski definition) is 2. The molecule has 2 unspecified atom stereocenters. The quantitative estimate of drug-likeness (QED) is 0.772. The van der Waals surface area contributed by atoms with Gasteiger partial charge in [0.25, 0.3) is 0 Å². The SMILES string of the molecule is O=C(O)C1CC1C(=O)NCCOc1ccc(C(F)(F)F)cn1. The number of aliphatic carboxylic acids is 1. The van der Waals surface area contributed by atoms with Crippen molar-refractivity contribution in [2.75, 3.05) is 13.2 Å². The highest BCUT2D eigenvalue weighted by atomic mass is 19.4. The van der Waals surface area contributed by atoms with Crippen LogP contribution in [0.4, 0.5) is 13.2 Å². The van der Waals surface area contributed by atoms with Crippen LogP contribution in [0.1, 0.15) is 12.0 Å². The van der Waals surface area contributed by atoms with Gasteiger partial charge in [-0.3, -0.25) is 9.59 Å². The average Bonchev–Trinajstić information content (AvgIpc) is 3.23. The van der Waals surface area contributed by atoms with E-state index in [-0.39, 0.29) is 24.9 Å². The summed E-state index contributed by atoms with van der Waals surface area (Å²) in [5.41, 5.74) is -0.874. The first kappa shape index (κ1) is 16.1. The van der Waals surface area contributed by atoms with E-state index in [4.69, 9.17) is 9.84 Å². The monoisotopic (exact) mass is 318 g/mol. The minimum Gasteiger partial charge on any atom is -0.481 e. The second-order valence-corrected chi connectivity index (χ2v) is 4.81. The Morgan fingerprint density at radius 2 is 2.09 bits per heavy atom. The zero-order chi connectivity index (χ0) is 16.3. The van der Waals surface area contributed by atoms with Crippen molar-refractivity contribution in [2.24, 2.45) is 11.8 Å². The molecular formula is C13H13F3N2O4. The lowest BCUT2D eigenvalue weighted by molar-refractivity contribution is -0.140. The fourth-order valence-corrected chi connectivity index (χ4v) is 1.85. The highest BCUT2D eigenvalue weighted by molar-refractivity contribution is 5.89. The Labute approximate surface area is 123 Å². The fraction of sp³-hybridized carbons (Fsp3) is 0.462. The summed E-state index contributed by atoms with van der Waals surface area (Å²) in [7, 11) is 0. The molecule has 2 rings (SSSR count). The van der Waals surface area contributed by atoms with Gasteiger partial charge in [0.05, 0.1) is 23.9 Å². The van der Waals surface area contributed by atoms with E-state index < -0.39 is 29.5 Å². The maximum atomic E-state index is 12.3. The van der Waals surface area contributed by atoms with Crippen molar-refractivity contribution >= 4 is 11.9 Å². The Hall–Kier alpha value is -2.32. The van der Waals surface area contributed by atoms with Gasteiger partial charge < -0.3 is 15.2 Å². The number of rotatable bonds is 6. The molecule has 0 bridgehead atoms. The number of aromatic nitrogens is 1. The molecule has 1 aliphatic rings. The maximum Gasteiger partial charge on any atom is 0.417 e. The smallest absolute Gasteiger partial charge is 0.417 e. The first-order valence-electron chi connectivity index (χ1n) is 6.45. The Balaban J connectivity index is 1.69. The summed E-state index contributed by atoms with van der Waals surface area (Å²) in [6.07, 6.45) is -3.47. The zero-order valence-electron chi connectivity index (χ0n) is 11.3. The van der Waals surface area contributed by atoms with Crippen LogP contribution in [0, 0.1) is 11.8 Å². The highest BCUT2D eigenvalue weighted by Gasteiger charge is 2.48. The number of alkyl halides is 3. The normalized spacial score (nSPS) is 20.3. The van der Waals surface area contributed by atoms with Gasteiger partial charge in [-0.05, 0) is 12.5 Å². The van der Waals surface area contributed by atoms with Crippen LogP contribution < -0.4 is 10.1 Å². The van der Waals surface area contributed by atoms with E-state index in [1.165, 1.54) is 0 Å².